The molecule has 4 rings (SSSR count). The molecule has 1 fully saturated rings. The van der Waals surface area contributed by atoms with Crippen LogP contribution in [0.15, 0.2) is 58.6 Å². The molecule has 1 saturated heterocycles. The molecule has 1 aliphatic heterocycles. The molecule has 12 heteroatoms. The van der Waals surface area contributed by atoms with E-state index in [1.165, 1.54) is 16.1 Å². The van der Waals surface area contributed by atoms with Crippen LogP contribution in [0.25, 0.3) is 11.4 Å². The van der Waals surface area contributed by atoms with Crippen molar-refractivity contribution in [2.45, 2.75) is 36.4 Å². The summed E-state index contributed by atoms with van der Waals surface area (Å²) in [5.41, 5.74) is 1.76. The van der Waals surface area contributed by atoms with Crippen molar-refractivity contribution in [1.29, 1.82) is 5.26 Å². The van der Waals surface area contributed by atoms with Crippen molar-refractivity contribution >= 4 is 33.4 Å². The van der Waals surface area contributed by atoms with Crippen molar-refractivity contribution in [3.8, 4) is 17.5 Å². The van der Waals surface area contributed by atoms with Gasteiger partial charge < -0.3 is 10.1 Å². The van der Waals surface area contributed by atoms with Gasteiger partial charge in [-0.1, -0.05) is 30.8 Å². The number of sulfonamides is 1. The van der Waals surface area contributed by atoms with Gasteiger partial charge in [0.1, 0.15) is 0 Å². The lowest BCUT2D eigenvalue weighted by Crippen LogP contribution is -2.40. The van der Waals surface area contributed by atoms with Gasteiger partial charge in [-0.3, -0.25) is 9.36 Å². The fraction of sp³-hybridized carbons (Fsp3) is 0.360. The third-order valence-electron chi connectivity index (χ3n) is 6.03. The number of thioether (sulfide) groups is 1. The second-order valence-corrected chi connectivity index (χ2v) is 11.4. The maximum atomic E-state index is 13.2. The number of carbonyl (C=O) groups excluding carboxylic acids is 1. The number of benzene rings is 2. The molecule has 37 heavy (non-hydrogen) atoms. The van der Waals surface area contributed by atoms with Crippen molar-refractivity contribution in [2.24, 2.45) is 0 Å². The van der Waals surface area contributed by atoms with E-state index in [1.807, 2.05) is 30.6 Å². The molecule has 0 aliphatic carbocycles. The minimum absolute atomic E-state index is 0.0218. The molecule has 2 aromatic carbocycles. The largest absolute Gasteiger partial charge is 0.379 e. The SMILES string of the molecule is CCC(C)n1c(SCC(=O)Nc2ccc(C#N)cc2)nnc1-c1cccc(S(=O)(=O)N2CCOCC2)c1. The Morgan fingerprint density at radius 3 is 2.59 bits per heavy atom. The van der Waals surface area contributed by atoms with Gasteiger partial charge in [-0.05, 0) is 49.7 Å². The Balaban J connectivity index is 1.54. The van der Waals surface area contributed by atoms with E-state index in [9.17, 15) is 13.2 Å². The van der Waals surface area contributed by atoms with Crippen LogP contribution < -0.4 is 5.32 Å². The van der Waals surface area contributed by atoms with Gasteiger partial charge in [0.15, 0.2) is 11.0 Å². The Morgan fingerprint density at radius 1 is 1.19 bits per heavy atom. The number of hydrogen-bond acceptors (Lipinski definition) is 8. The summed E-state index contributed by atoms with van der Waals surface area (Å²) >= 11 is 1.26. The van der Waals surface area contributed by atoms with Gasteiger partial charge in [0.25, 0.3) is 0 Å². The molecule has 10 nitrogen and oxygen atoms in total. The van der Waals surface area contributed by atoms with Crippen LogP contribution in [0.4, 0.5) is 5.69 Å². The fourth-order valence-electron chi connectivity index (χ4n) is 3.84. The molecular weight excluding hydrogens is 512 g/mol. The van der Waals surface area contributed by atoms with Gasteiger partial charge in [-0.15, -0.1) is 10.2 Å². The highest BCUT2D eigenvalue weighted by molar-refractivity contribution is 7.99. The van der Waals surface area contributed by atoms with E-state index < -0.39 is 10.0 Å². The van der Waals surface area contributed by atoms with Crippen LogP contribution in [-0.2, 0) is 19.6 Å². The van der Waals surface area contributed by atoms with Gasteiger partial charge in [0, 0.05) is 30.4 Å². The molecular formula is C25H28N6O4S2. The number of anilines is 1. The summed E-state index contributed by atoms with van der Waals surface area (Å²) in [5.74, 6) is 0.442. The number of ether oxygens (including phenoxy) is 1. The first-order chi connectivity index (χ1) is 17.8. The molecule has 1 unspecified atom stereocenters. The summed E-state index contributed by atoms with van der Waals surface area (Å²) in [5, 5.41) is 21.0. The predicted octanol–water partition coefficient (Wildman–Crippen LogP) is 3.54. The topological polar surface area (TPSA) is 130 Å². The Kier molecular flexibility index (Phi) is 8.60. The minimum Gasteiger partial charge on any atom is -0.379 e. The third-order valence-corrected chi connectivity index (χ3v) is 8.86. The standard InChI is InChI=1S/C25H28N6O4S2/c1-3-18(2)31-24(20-5-4-6-22(15-20)37(33,34)30-11-13-35-14-12-30)28-29-25(31)36-17-23(32)27-21-9-7-19(16-26)8-10-21/h4-10,15,18H,3,11-14,17H2,1-2H3,(H,27,32). The van der Waals surface area contributed by atoms with Gasteiger partial charge in [0.05, 0.1) is 35.5 Å². The molecule has 1 atom stereocenters. The molecule has 1 aromatic heterocycles. The highest BCUT2D eigenvalue weighted by atomic mass is 32.2. The average molecular weight is 541 g/mol. The van der Waals surface area contributed by atoms with Crippen LogP contribution in [0.2, 0.25) is 0 Å². The summed E-state index contributed by atoms with van der Waals surface area (Å²) in [7, 11) is -3.66. The van der Waals surface area contributed by atoms with Crippen molar-refractivity contribution in [1.82, 2.24) is 19.1 Å². The van der Waals surface area contributed by atoms with Gasteiger partial charge >= 0.3 is 0 Å². The van der Waals surface area contributed by atoms with E-state index >= 15 is 0 Å². The number of aromatic nitrogens is 3. The van der Waals surface area contributed by atoms with Gasteiger partial charge in [-0.25, -0.2) is 8.42 Å². The van der Waals surface area contributed by atoms with E-state index in [4.69, 9.17) is 10.00 Å². The highest BCUT2D eigenvalue weighted by Gasteiger charge is 2.27. The van der Waals surface area contributed by atoms with E-state index in [0.717, 1.165) is 6.42 Å². The van der Waals surface area contributed by atoms with Crippen molar-refractivity contribution in [2.75, 3.05) is 37.4 Å². The van der Waals surface area contributed by atoms with E-state index in [1.54, 1.807) is 42.5 Å². The lowest BCUT2D eigenvalue weighted by atomic mass is 10.2. The number of rotatable bonds is 9. The number of hydrogen-bond donors (Lipinski definition) is 1. The molecule has 0 radical (unpaired) electrons. The van der Waals surface area contributed by atoms with Crippen LogP contribution in [-0.4, -0.2) is 65.5 Å². The first kappa shape index (κ1) is 26.8. The number of nitrogens with one attached hydrogen (secondary N) is 1. The Bertz CT molecular complexity index is 1390. The lowest BCUT2D eigenvalue weighted by molar-refractivity contribution is -0.113. The number of morpholine rings is 1. The van der Waals surface area contributed by atoms with Gasteiger partial charge in [-0.2, -0.15) is 9.57 Å². The van der Waals surface area contributed by atoms with Crippen LogP contribution in [0.5, 0.6) is 0 Å². The summed E-state index contributed by atoms with van der Waals surface area (Å²) in [6.07, 6.45) is 0.793. The fourth-order valence-corrected chi connectivity index (χ4v) is 6.13. The zero-order valence-electron chi connectivity index (χ0n) is 20.6. The normalized spacial score (nSPS) is 15.2. The first-order valence-electron chi connectivity index (χ1n) is 11.9. The molecule has 0 bridgehead atoms. The first-order valence-corrected chi connectivity index (χ1v) is 14.3. The molecule has 1 amide bonds. The van der Waals surface area contributed by atoms with E-state index in [0.29, 0.717) is 54.1 Å². The summed E-state index contributed by atoms with van der Waals surface area (Å²) in [4.78, 5) is 12.7. The number of nitriles is 1. The summed E-state index contributed by atoms with van der Waals surface area (Å²) in [6.45, 7) is 5.46. The quantitative estimate of drug-likeness (QED) is 0.408. The number of nitrogens with zero attached hydrogens (tertiary/aromatic N) is 5. The van der Waals surface area contributed by atoms with Crippen molar-refractivity contribution in [3.63, 3.8) is 0 Å². The molecule has 194 valence electrons. The summed E-state index contributed by atoms with van der Waals surface area (Å²) in [6, 6.07) is 15.4. The van der Waals surface area contributed by atoms with Crippen LogP contribution in [0.1, 0.15) is 31.9 Å². The zero-order chi connectivity index (χ0) is 26.4. The third kappa shape index (κ3) is 6.19. The molecule has 1 aliphatic rings. The maximum absolute atomic E-state index is 13.2. The Hall–Kier alpha value is -3.24. The minimum atomic E-state index is -3.66. The van der Waals surface area contributed by atoms with E-state index in [2.05, 4.69) is 15.5 Å². The summed E-state index contributed by atoms with van der Waals surface area (Å²) < 4.78 is 35.0. The molecule has 2 heterocycles. The van der Waals surface area contributed by atoms with Crippen LogP contribution in [0, 0.1) is 11.3 Å². The van der Waals surface area contributed by atoms with Crippen molar-refractivity contribution in [3.05, 3.63) is 54.1 Å². The van der Waals surface area contributed by atoms with Crippen LogP contribution in [0.3, 0.4) is 0 Å². The highest BCUT2D eigenvalue weighted by Crippen LogP contribution is 2.31. The average Bonchev–Trinajstić information content (AvgIpc) is 3.36. The molecule has 0 saturated carbocycles. The molecule has 0 spiro atoms. The number of amides is 1. The lowest BCUT2D eigenvalue weighted by Gasteiger charge is -2.26. The monoisotopic (exact) mass is 540 g/mol. The second kappa shape index (κ2) is 11.9. The smallest absolute Gasteiger partial charge is 0.243 e. The van der Waals surface area contributed by atoms with Crippen LogP contribution >= 0.6 is 11.8 Å². The van der Waals surface area contributed by atoms with Gasteiger partial charge in [0.2, 0.25) is 15.9 Å². The van der Waals surface area contributed by atoms with E-state index in [-0.39, 0.29) is 22.6 Å². The molecule has 1 N–H and O–H groups in total. The molecule has 3 aromatic rings. The Labute approximate surface area is 220 Å². The second-order valence-electron chi connectivity index (χ2n) is 8.50. The Morgan fingerprint density at radius 2 is 1.92 bits per heavy atom. The number of carbonyl (C=O) groups is 1. The zero-order valence-corrected chi connectivity index (χ0v) is 22.3. The predicted molar refractivity (Wildman–Crippen MR) is 141 cm³/mol. The van der Waals surface area contributed by atoms with Crippen molar-refractivity contribution < 1.29 is 17.9 Å². The maximum Gasteiger partial charge on any atom is 0.243 e.